The van der Waals surface area contributed by atoms with Crippen molar-refractivity contribution in [3.8, 4) is 0 Å². The van der Waals surface area contributed by atoms with Gasteiger partial charge in [-0.15, -0.1) is 10.2 Å². The Labute approximate surface area is 92.6 Å². The number of hydrogen-bond donors (Lipinski definition) is 2. The second-order valence-corrected chi connectivity index (χ2v) is 3.87. The molecule has 1 aliphatic rings. The van der Waals surface area contributed by atoms with Gasteiger partial charge in [-0.3, -0.25) is 0 Å². The summed E-state index contributed by atoms with van der Waals surface area (Å²) in [6.45, 7) is 0. The Morgan fingerprint density at radius 3 is 2.13 bits per heavy atom. The molecule has 1 aromatic rings. The largest absolute Gasteiger partial charge is 0.385 e. The number of nitrogens with zero attached hydrogens (tertiary/aromatic N) is 2. The average molecular weight is 223 g/mol. The first-order chi connectivity index (χ1) is 7.16. The molecule has 0 unspecified atom stereocenters. The zero-order valence-electron chi connectivity index (χ0n) is 8.02. The zero-order chi connectivity index (χ0) is 10.8. The molecule has 0 spiro atoms. The van der Waals surface area contributed by atoms with Crippen molar-refractivity contribution in [2.75, 3.05) is 0 Å². The van der Waals surface area contributed by atoms with Crippen LogP contribution < -0.4 is 11.5 Å². The maximum Gasteiger partial charge on any atom is 0.133 e. The van der Waals surface area contributed by atoms with Gasteiger partial charge in [-0.25, -0.2) is 0 Å². The van der Waals surface area contributed by atoms with Crippen LogP contribution in [-0.4, -0.2) is 11.7 Å². The van der Waals surface area contributed by atoms with Crippen molar-refractivity contribution < 1.29 is 0 Å². The fourth-order valence-electron chi connectivity index (χ4n) is 1.47. The van der Waals surface area contributed by atoms with Gasteiger partial charge in [0.2, 0.25) is 0 Å². The summed E-state index contributed by atoms with van der Waals surface area (Å²) in [4.78, 5) is 0. The molecule has 1 aromatic carbocycles. The fourth-order valence-corrected chi connectivity index (χ4v) is 1.60. The molecule has 4 N–H and O–H groups in total. The normalized spacial score (nSPS) is 16.3. The van der Waals surface area contributed by atoms with Crippen LogP contribution in [0.2, 0.25) is 5.02 Å². The third-order valence-electron chi connectivity index (χ3n) is 2.35. The number of benzene rings is 1. The van der Waals surface area contributed by atoms with Gasteiger partial charge in [-0.05, 0) is 24.1 Å². The van der Waals surface area contributed by atoms with Crippen LogP contribution in [0, 0.1) is 5.92 Å². The molecule has 1 heterocycles. The van der Waals surface area contributed by atoms with E-state index in [2.05, 4.69) is 10.2 Å². The molecule has 78 valence electrons. The molecule has 5 heteroatoms. The van der Waals surface area contributed by atoms with Gasteiger partial charge >= 0.3 is 0 Å². The summed E-state index contributed by atoms with van der Waals surface area (Å²) >= 11 is 5.79. The molecular formula is C10H11ClN4. The molecule has 0 atom stereocenters. The Bertz CT molecular complexity index is 404. The van der Waals surface area contributed by atoms with Crippen LogP contribution in [0.5, 0.6) is 0 Å². The van der Waals surface area contributed by atoms with E-state index < -0.39 is 0 Å². The number of halogens is 1. The maximum atomic E-state index is 5.79. The lowest BCUT2D eigenvalue weighted by atomic mass is 9.98. The highest BCUT2D eigenvalue weighted by molar-refractivity contribution is 6.30. The highest BCUT2D eigenvalue weighted by Gasteiger charge is 2.22. The Kier molecular flexibility index (Phi) is 2.60. The van der Waals surface area contributed by atoms with Crippen LogP contribution in [0.15, 0.2) is 34.5 Å². The molecule has 0 saturated carbocycles. The molecule has 0 radical (unpaired) electrons. The topological polar surface area (TPSA) is 76.8 Å². The van der Waals surface area contributed by atoms with Gasteiger partial charge in [-0.2, -0.15) is 0 Å². The Morgan fingerprint density at radius 1 is 1.07 bits per heavy atom. The quantitative estimate of drug-likeness (QED) is 0.787. The number of nitrogens with two attached hydrogens (primary N) is 2. The van der Waals surface area contributed by atoms with Gasteiger partial charge in [0.15, 0.2) is 0 Å². The molecule has 0 amide bonds. The van der Waals surface area contributed by atoms with Gasteiger partial charge in [0.05, 0.1) is 5.92 Å². The minimum absolute atomic E-state index is 0.0776. The first-order valence-corrected chi connectivity index (χ1v) is 4.95. The Balaban J connectivity index is 2.12. The highest BCUT2D eigenvalue weighted by atomic mass is 35.5. The van der Waals surface area contributed by atoms with E-state index in [0.29, 0.717) is 23.1 Å². The molecule has 0 bridgehead atoms. The predicted octanol–water partition coefficient (Wildman–Crippen LogP) is 1.14. The van der Waals surface area contributed by atoms with Crippen LogP contribution in [0.3, 0.4) is 0 Å². The summed E-state index contributed by atoms with van der Waals surface area (Å²) in [7, 11) is 0. The van der Waals surface area contributed by atoms with E-state index in [0.717, 1.165) is 5.56 Å². The lowest BCUT2D eigenvalue weighted by Gasteiger charge is -2.09. The van der Waals surface area contributed by atoms with E-state index in [9.17, 15) is 0 Å². The molecule has 0 fully saturated rings. The van der Waals surface area contributed by atoms with Crippen molar-refractivity contribution in [2.24, 2.45) is 27.6 Å². The smallest absolute Gasteiger partial charge is 0.133 e. The summed E-state index contributed by atoms with van der Waals surface area (Å²) < 4.78 is 0. The van der Waals surface area contributed by atoms with Crippen LogP contribution in [-0.2, 0) is 6.42 Å². The van der Waals surface area contributed by atoms with E-state index >= 15 is 0 Å². The minimum Gasteiger partial charge on any atom is -0.385 e. The van der Waals surface area contributed by atoms with E-state index in [1.165, 1.54) is 0 Å². The molecule has 0 saturated heterocycles. The number of amidine groups is 2. The van der Waals surface area contributed by atoms with Gasteiger partial charge in [0, 0.05) is 5.02 Å². The first-order valence-electron chi connectivity index (χ1n) is 4.57. The van der Waals surface area contributed by atoms with Gasteiger partial charge in [-0.1, -0.05) is 23.7 Å². The van der Waals surface area contributed by atoms with Crippen LogP contribution in [0.1, 0.15) is 5.56 Å². The highest BCUT2D eigenvalue weighted by Crippen LogP contribution is 2.16. The Morgan fingerprint density at radius 2 is 1.60 bits per heavy atom. The monoisotopic (exact) mass is 222 g/mol. The van der Waals surface area contributed by atoms with Crippen molar-refractivity contribution in [1.82, 2.24) is 0 Å². The SMILES string of the molecule is NC1=NN=C(N)C1Cc1ccc(Cl)cc1. The van der Waals surface area contributed by atoms with Crippen molar-refractivity contribution in [3.63, 3.8) is 0 Å². The first kappa shape index (κ1) is 9.98. The van der Waals surface area contributed by atoms with Crippen molar-refractivity contribution in [1.29, 1.82) is 0 Å². The minimum atomic E-state index is -0.0776. The lowest BCUT2D eigenvalue weighted by molar-refractivity contribution is 0.892. The van der Waals surface area contributed by atoms with Crippen molar-refractivity contribution >= 4 is 23.3 Å². The number of hydrogen-bond acceptors (Lipinski definition) is 4. The van der Waals surface area contributed by atoms with Crippen molar-refractivity contribution in [3.05, 3.63) is 34.9 Å². The standard InChI is InChI=1S/C10H11ClN4/c11-7-3-1-6(2-4-7)5-8-9(12)14-15-10(8)13/h1-4,8H,5H2,(H2,12,14)(H2,13,15). The van der Waals surface area contributed by atoms with E-state index in [1.54, 1.807) is 0 Å². The van der Waals surface area contributed by atoms with Crippen molar-refractivity contribution in [2.45, 2.75) is 6.42 Å². The summed E-state index contributed by atoms with van der Waals surface area (Å²) in [6, 6.07) is 7.57. The zero-order valence-corrected chi connectivity index (χ0v) is 8.78. The fraction of sp³-hybridized carbons (Fsp3) is 0.200. The van der Waals surface area contributed by atoms with Gasteiger partial charge in [0.1, 0.15) is 11.7 Å². The second kappa shape index (κ2) is 3.90. The summed E-state index contributed by atoms with van der Waals surface area (Å²) in [5.74, 6) is 0.871. The summed E-state index contributed by atoms with van der Waals surface area (Å²) in [5, 5.41) is 8.20. The van der Waals surface area contributed by atoms with Crippen LogP contribution >= 0.6 is 11.6 Å². The van der Waals surface area contributed by atoms with E-state index in [1.807, 2.05) is 24.3 Å². The number of rotatable bonds is 2. The average Bonchev–Trinajstić information content (AvgIpc) is 2.53. The summed E-state index contributed by atoms with van der Waals surface area (Å²) in [5.41, 5.74) is 12.5. The van der Waals surface area contributed by atoms with Gasteiger partial charge in [0.25, 0.3) is 0 Å². The third-order valence-corrected chi connectivity index (χ3v) is 2.60. The molecule has 4 nitrogen and oxygen atoms in total. The van der Waals surface area contributed by atoms with E-state index in [-0.39, 0.29) is 5.92 Å². The van der Waals surface area contributed by atoms with E-state index in [4.69, 9.17) is 23.1 Å². The lowest BCUT2D eigenvalue weighted by Crippen LogP contribution is -2.33. The van der Waals surface area contributed by atoms with Crippen LogP contribution in [0.25, 0.3) is 0 Å². The molecular weight excluding hydrogens is 212 g/mol. The summed E-state index contributed by atoms with van der Waals surface area (Å²) in [6.07, 6.45) is 0.710. The molecule has 15 heavy (non-hydrogen) atoms. The molecule has 2 rings (SSSR count). The molecule has 0 aromatic heterocycles. The van der Waals surface area contributed by atoms with Gasteiger partial charge < -0.3 is 11.5 Å². The van der Waals surface area contributed by atoms with Crippen LogP contribution in [0.4, 0.5) is 0 Å². The third kappa shape index (κ3) is 2.10. The maximum absolute atomic E-state index is 5.79. The molecule has 0 aliphatic carbocycles. The molecule has 1 aliphatic heterocycles. The Hall–Kier alpha value is -1.55. The second-order valence-electron chi connectivity index (χ2n) is 3.43. The predicted molar refractivity (Wildman–Crippen MR) is 61.9 cm³/mol.